The van der Waals surface area contributed by atoms with Gasteiger partial charge in [-0.25, -0.2) is 0 Å². The van der Waals surface area contributed by atoms with Crippen LogP contribution in [0.1, 0.15) is 43.9 Å². The standard InChI is InChI=1S/C27H26F3NO2/c1-16-25-23(22-8-3-2-5-18(22)14-24(25)26(32)33-16)12-11-21-10-9-19(15-31-21)17-6-4-7-20(13-17)27(28,29)30/h4-7,9-13,15-16,22-25H,2-3,8,14H2,1H3/b12-11+/t16?,22?,23-,24?,25?/m0/s1. The number of carbonyl (C=O) groups is 1. The van der Waals surface area contributed by atoms with Gasteiger partial charge in [0.05, 0.1) is 17.2 Å². The summed E-state index contributed by atoms with van der Waals surface area (Å²) in [6.45, 7) is 1.99. The number of allylic oxidation sites excluding steroid dienone is 3. The van der Waals surface area contributed by atoms with E-state index in [0.717, 1.165) is 43.5 Å². The van der Waals surface area contributed by atoms with Crippen LogP contribution in [0.15, 0.2) is 60.3 Å². The smallest absolute Gasteiger partial charge is 0.416 e. The number of hydrogen-bond acceptors (Lipinski definition) is 3. The van der Waals surface area contributed by atoms with Crippen LogP contribution in [0.3, 0.4) is 0 Å². The average molecular weight is 454 g/mol. The molecule has 0 spiro atoms. The number of rotatable bonds is 3. The predicted octanol–water partition coefficient (Wildman–Crippen LogP) is 6.70. The zero-order chi connectivity index (χ0) is 23.2. The Morgan fingerprint density at radius 1 is 1.12 bits per heavy atom. The number of hydrogen-bond donors (Lipinski definition) is 0. The van der Waals surface area contributed by atoms with Crippen LogP contribution >= 0.6 is 0 Å². The molecule has 172 valence electrons. The summed E-state index contributed by atoms with van der Waals surface area (Å²) in [6.07, 6.45) is 7.75. The Morgan fingerprint density at radius 2 is 1.97 bits per heavy atom. The van der Waals surface area contributed by atoms with E-state index in [9.17, 15) is 18.0 Å². The van der Waals surface area contributed by atoms with Gasteiger partial charge >= 0.3 is 12.1 Å². The molecule has 2 fully saturated rings. The summed E-state index contributed by atoms with van der Waals surface area (Å²) in [4.78, 5) is 16.9. The second kappa shape index (κ2) is 8.47. The van der Waals surface area contributed by atoms with Gasteiger partial charge in [0.1, 0.15) is 6.10 Å². The molecule has 0 bridgehead atoms. The highest BCUT2D eigenvalue weighted by Gasteiger charge is 2.52. The molecule has 1 saturated heterocycles. The number of cyclic esters (lactones) is 1. The predicted molar refractivity (Wildman–Crippen MR) is 120 cm³/mol. The first-order chi connectivity index (χ1) is 15.8. The van der Waals surface area contributed by atoms with Gasteiger partial charge in [-0.2, -0.15) is 13.2 Å². The molecule has 6 heteroatoms. The van der Waals surface area contributed by atoms with Crippen LogP contribution in [-0.4, -0.2) is 17.1 Å². The number of aromatic nitrogens is 1. The lowest BCUT2D eigenvalue weighted by atomic mass is 9.61. The Hall–Kier alpha value is -2.89. The molecule has 0 N–H and O–H groups in total. The van der Waals surface area contributed by atoms with Crippen LogP contribution in [0.2, 0.25) is 0 Å². The van der Waals surface area contributed by atoms with Gasteiger partial charge in [-0.1, -0.05) is 35.9 Å². The fraction of sp³-hybridized carbons (Fsp3) is 0.407. The van der Waals surface area contributed by atoms with Gasteiger partial charge in [0.2, 0.25) is 0 Å². The quantitative estimate of drug-likeness (QED) is 0.383. The SMILES string of the molecule is CC1OC(=O)C2CC3=CCCCC3[C@H](/C=C/c3ccc(-c4cccc(C(F)(F)F)c4)cn3)C12. The summed E-state index contributed by atoms with van der Waals surface area (Å²) in [6, 6.07) is 8.89. The number of pyridine rings is 1. The van der Waals surface area contributed by atoms with E-state index >= 15 is 0 Å². The van der Waals surface area contributed by atoms with Crippen molar-refractivity contribution in [2.24, 2.45) is 23.7 Å². The van der Waals surface area contributed by atoms with Crippen molar-refractivity contribution in [3.05, 3.63) is 71.6 Å². The number of alkyl halides is 3. The molecule has 2 heterocycles. The third kappa shape index (κ3) is 4.23. The minimum atomic E-state index is -4.38. The third-order valence-electron chi connectivity index (χ3n) is 7.38. The maximum atomic E-state index is 13.0. The molecule has 4 unspecified atom stereocenters. The van der Waals surface area contributed by atoms with E-state index in [0.29, 0.717) is 17.0 Å². The highest BCUT2D eigenvalue weighted by molar-refractivity contribution is 5.76. The molecule has 1 aromatic carbocycles. The largest absolute Gasteiger partial charge is 0.462 e. The van der Waals surface area contributed by atoms with Crippen LogP contribution < -0.4 is 0 Å². The maximum absolute atomic E-state index is 13.0. The first kappa shape index (κ1) is 21.9. The van der Waals surface area contributed by atoms with E-state index in [2.05, 4.69) is 17.1 Å². The van der Waals surface area contributed by atoms with E-state index in [1.54, 1.807) is 18.3 Å². The molecule has 0 radical (unpaired) electrons. The number of esters is 1. The number of benzene rings is 1. The lowest BCUT2D eigenvalue weighted by molar-refractivity contribution is -0.143. The Morgan fingerprint density at radius 3 is 2.73 bits per heavy atom. The van der Waals surface area contributed by atoms with Gasteiger partial charge in [-0.05, 0) is 74.3 Å². The molecular weight excluding hydrogens is 427 g/mol. The molecule has 3 aliphatic rings. The molecule has 1 aromatic heterocycles. The lowest BCUT2D eigenvalue weighted by Crippen LogP contribution is -2.38. The molecular formula is C27H26F3NO2. The van der Waals surface area contributed by atoms with Crippen molar-refractivity contribution in [2.75, 3.05) is 0 Å². The summed E-state index contributed by atoms with van der Waals surface area (Å²) in [7, 11) is 0. The van der Waals surface area contributed by atoms with Crippen LogP contribution in [0.5, 0.6) is 0 Å². The summed E-state index contributed by atoms with van der Waals surface area (Å²) in [5.41, 5.74) is 2.57. The molecule has 5 rings (SSSR count). The van der Waals surface area contributed by atoms with Crippen molar-refractivity contribution in [1.82, 2.24) is 4.98 Å². The summed E-state index contributed by atoms with van der Waals surface area (Å²) in [5, 5.41) is 0. The molecule has 5 atom stereocenters. The second-order valence-corrected chi connectivity index (χ2v) is 9.33. The monoisotopic (exact) mass is 453 g/mol. The van der Waals surface area contributed by atoms with Crippen LogP contribution in [0.4, 0.5) is 13.2 Å². The lowest BCUT2D eigenvalue weighted by Gasteiger charge is -2.41. The minimum Gasteiger partial charge on any atom is -0.462 e. The third-order valence-corrected chi connectivity index (χ3v) is 7.38. The molecule has 2 aromatic rings. The Balaban J connectivity index is 1.39. The van der Waals surface area contributed by atoms with E-state index in [-0.39, 0.29) is 29.8 Å². The van der Waals surface area contributed by atoms with Gasteiger partial charge in [-0.3, -0.25) is 9.78 Å². The van der Waals surface area contributed by atoms with Gasteiger partial charge in [0.15, 0.2) is 0 Å². The molecule has 1 saturated carbocycles. The number of carbonyl (C=O) groups excluding carboxylic acids is 1. The van der Waals surface area contributed by atoms with Gasteiger partial charge in [-0.15, -0.1) is 0 Å². The molecule has 33 heavy (non-hydrogen) atoms. The van der Waals surface area contributed by atoms with Crippen molar-refractivity contribution in [1.29, 1.82) is 0 Å². The van der Waals surface area contributed by atoms with Crippen LogP contribution in [-0.2, 0) is 15.7 Å². The van der Waals surface area contributed by atoms with Crippen molar-refractivity contribution in [3.8, 4) is 11.1 Å². The highest BCUT2D eigenvalue weighted by atomic mass is 19.4. The summed E-state index contributed by atoms with van der Waals surface area (Å²) >= 11 is 0. The number of nitrogens with zero attached hydrogens (tertiary/aromatic N) is 1. The highest BCUT2D eigenvalue weighted by Crippen LogP contribution is 2.51. The first-order valence-electron chi connectivity index (χ1n) is 11.5. The second-order valence-electron chi connectivity index (χ2n) is 9.33. The minimum absolute atomic E-state index is 0.0773. The van der Waals surface area contributed by atoms with Gasteiger partial charge in [0.25, 0.3) is 0 Å². The zero-order valence-corrected chi connectivity index (χ0v) is 18.4. The normalized spacial score (nSPS) is 29.4. The van der Waals surface area contributed by atoms with E-state index in [1.165, 1.54) is 11.6 Å². The maximum Gasteiger partial charge on any atom is 0.416 e. The Labute approximate surface area is 191 Å². The number of ether oxygens (including phenoxy) is 1. The summed E-state index contributed by atoms with van der Waals surface area (Å²) in [5.74, 6) is 0.642. The van der Waals surface area contributed by atoms with Crippen LogP contribution in [0.25, 0.3) is 17.2 Å². The van der Waals surface area contributed by atoms with Crippen LogP contribution in [0, 0.1) is 23.7 Å². The van der Waals surface area contributed by atoms with Crippen molar-refractivity contribution in [3.63, 3.8) is 0 Å². The molecule has 3 nitrogen and oxygen atoms in total. The number of fused-ring (bicyclic) bond motifs is 2. The van der Waals surface area contributed by atoms with E-state index in [1.807, 2.05) is 19.1 Å². The number of halogens is 3. The van der Waals surface area contributed by atoms with Crippen molar-refractivity contribution < 1.29 is 22.7 Å². The van der Waals surface area contributed by atoms with E-state index < -0.39 is 11.7 Å². The first-order valence-corrected chi connectivity index (χ1v) is 11.5. The Bertz CT molecular complexity index is 1100. The molecule has 2 aliphatic carbocycles. The summed E-state index contributed by atoms with van der Waals surface area (Å²) < 4.78 is 44.7. The average Bonchev–Trinajstić information content (AvgIpc) is 3.09. The van der Waals surface area contributed by atoms with Crippen molar-refractivity contribution >= 4 is 12.0 Å². The topological polar surface area (TPSA) is 39.2 Å². The van der Waals surface area contributed by atoms with Gasteiger partial charge < -0.3 is 4.74 Å². The fourth-order valence-electron chi connectivity index (χ4n) is 5.81. The zero-order valence-electron chi connectivity index (χ0n) is 18.4. The van der Waals surface area contributed by atoms with Gasteiger partial charge in [0, 0.05) is 17.7 Å². The van der Waals surface area contributed by atoms with E-state index in [4.69, 9.17) is 4.74 Å². The van der Waals surface area contributed by atoms with Crippen molar-refractivity contribution in [2.45, 2.75) is 44.9 Å². The Kier molecular flexibility index (Phi) is 5.63. The molecule has 1 aliphatic heterocycles. The molecule has 0 amide bonds. The fourth-order valence-corrected chi connectivity index (χ4v) is 5.81.